The van der Waals surface area contributed by atoms with E-state index in [0.717, 1.165) is 5.56 Å². The number of guanidine groups is 1. The van der Waals surface area contributed by atoms with Gasteiger partial charge in [0.25, 0.3) is 5.91 Å². The zero-order chi connectivity index (χ0) is 18.9. The average Bonchev–Trinajstić information content (AvgIpc) is 2.91. The van der Waals surface area contributed by atoms with Crippen molar-refractivity contribution in [1.82, 2.24) is 20.4 Å². The van der Waals surface area contributed by atoms with E-state index in [0.29, 0.717) is 38.4 Å². The molecule has 2 N–H and O–H groups in total. The van der Waals surface area contributed by atoms with Crippen LogP contribution in [0.5, 0.6) is 0 Å². The Hall–Kier alpha value is -2.57. The van der Waals surface area contributed by atoms with E-state index in [9.17, 15) is 9.59 Å². The topological polar surface area (TPSA) is 77.0 Å². The molecule has 0 radical (unpaired) electrons. The molecule has 1 aromatic carbocycles. The SMILES string of the molecule is Cc1ccc(CNC(=O)N2CCC3(CC2)N=C(N(C)C)NC3=O)c(C)c1. The highest BCUT2D eigenvalue weighted by atomic mass is 16.2. The molecule has 7 nitrogen and oxygen atoms in total. The van der Waals surface area contributed by atoms with Crippen molar-refractivity contribution in [2.24, 2.45) is 4.99 Å². The zero-order valence-electron chi connectivity index (χ0n) is 15.9. The highest BCUT2D eigenvalue weighted by Gasteiger charge is 2.46. The molecule has 1 fully saturated rings. The molecule has 140 valence electrons. The Balaban J connectivity index is 1.56. The van der Waals surface area contributed by atoms with Crippen LogP contribution in [-0.2, 0) is 11.3 Å². The van der Waals surface area contributed by atoms with Crippen molar-refractivity contribution in [2.45, 2.75) is 38.8 Å². The number of rotatable bonds is 2. The van der Waals surface area contributed by atoms with E-state index in [1.54, 1.807) is 9.80 Å². The van der Waals surface area contributed by atoms with Crippen LogP contribution < -0.4 is 10.6 Å². The van der Waals surface area contributed by atoms with Gasteiger partial charge in [-0.1, -0.05) is 23.8 Å². The van der Waals surface area contributed by atoms with Crippen molar-refractivity contribution < 1.29 is 9.59 Å². The number of nitrogens with zero attached hydrogens (tertiary/aromatic N) is 3. The van der Waals surface area contributed by atoms with Gasteiger partial charge in [0.1, 0.15) is 5.54 Å². The maximum Gasteiger partial charge on any atom is 0.317 e. The van der Waals surface area contributed by atoms with Crippen LogP contribution in [0.15, 0.2) is 23.2 Å². The fraction of sp³-hybridized carbons (Fsp3) is 0.526. The maximum absolute atomic E-state index is 12.5. The van der Waals surface area contributed by atoms with Crippen molar-refractivity contribution >= 4 is 17.9 Å². The fourth-order valence-electron chi connectivity index (χ4n) is 3.46. The standard InChI is InChI=1S/C19H27N5O2/c1-13-5-6-15(14(2)11-13)12-20-18(26)24-9-7-19(8-10-24)16(25)21-17(22-19)23(3)4/h5-6,11H,7-10,12H2,1-4H3,(H,20,26)(H,21,22,25). The van der Waals surface area contributed by atoms with Gasteiger partial charge in [-0.15, -0.1) is 0 Å². The largest absolute Gasteiger partial charge is 0.349 e. The molecule has 2 aliphatic rings. The summed E-state index contributed by atoms with van der Waals surface area (Å²) in [6, 6.07) is 6.13. The number of aryl methyl sites for hydroxylation is 2. The summed E-state index contributed by atoms with van der Waals surface area (Å²) in [5.74, 6) is 0.541. The number of hydrogen-bond donors (Lipinski definition) is 2. The number of carbonyl (C=O) groups excluding carboxylic acids is 2. The lowest BCUT2D eigenvalue weighted by atomic mass is 9.88. The second kappa shape index (κ2) is 6.97. The average molecular weight is 357 g/mol. The van der Waals surface area contributed by atoms with E-state index in [1.807, 2.05) is 14.1 Å². The molecule has 7 heteroatoms. The molecule has 0 aromatic heterocycles. The predicted molar refractivity (Wildman–Crippen MR) is 101 cm³/mol. The first-order valence-electron chi connectivity index (χ1n) is 8.98. The van der Waals surface area contributed by atoms with Gasteiger partial charge in [-0.25, -0.2) is 9.79 Å². The van der Waals surface area contributed by atoms with Crippen LogP contribution in [0.3, 0.4) is 0 Å². The molecule has 2 aliphatic heterocycles. The quantitative estimate of drug-likeness (QED) is 0.840. The number of likely N-dealkylation sites (tertiary alicyclic amines) is 1. The molecule has 0 atom stereocenters. The van der Waals surface area contributed by atoms with Gasteiger partial charge in [0.15, 0.2) is 0 Å². The van der Waals surface area contributed by atoms with Crippen LogP contribution in [0.25, 0.3) is 0 Å². The molecule has 3 rings (SSSR count). The van der Waals surface area contributed by atoms with E-state index in [1.165, 1.54) is 11.1 Å². The lowest BCUT2D eigenvalue weighted by Crippen LogP contribution is -2.52. The van der Waals surface area contributed by atoms with E-state index < -0.39 is 5.54 Å². The van der Waals surface area contributed by atoms with Crippen LogP contribution in [0, 0.1) is 13.8 Å². The normalized spacial score (nSPS) is 18.5. The number of piperidine rings is 1. The zero-order valence-corrected chi connectivity index (χ0v) is 15.9. The summed E-state index contributed by atoms with van der Waals surface area (Å²) in [5.41, 5.74) is 2.79. The smallest absolute Gasteiger partial charge is 0.317 e. The minimum Gasteiger partial charge on any atom is -0.349 e. The van der Waals surface area contributed by atoms with Crippen LogP contribution in [0.1, 0.15) is 29.5 Å². The van der Waals surface area contributed by atoms with E-state index >= 15 is 0 Å². The maximum atomic E-state index is 12.5. The number of urea groups is 1. The van der Waals surface area contributed by atoms with Gasteiger partial charge in [0.05, 0.1) is 0 Å². The number of nitrogens with one attached hydrogen (secondary N) is 2. The number of carbonyl (C=O) groups is 2. The van der Waals surface area contributed by atoms with Gasteiger partial charge in [0, 0.05) is 33.7 Å². The molecule has 0 unspecified atom stereocenters. The number of amides is 3. The molecule has 0 bridgehead atoms. The van der Waals surface area contributed by atoms with Crippen molar-refractivity contribution in [3.8, 4) is 0 Å². The molecule has 3 amide bonds. The molecule has 1 aromatic rings. The van der Waals surface area contributed by atoms with Gasteiger partial charge in [-0.05, 0) is 37.8 Å². The highest BCUT2D eigenvalue weighted by molar-refractivity contribution is 6.07. The third-order valence-electron chi connectivity index (χ3n) is 5.20. The third-order valence-corrected chi connectivity index (χ3v) is 5.20. The Morgan fingerprint density at radius 3 is 2.58 bits per heavy atom. The number of aliphatic imine (C=N–C) groups is 1. The molecule has 2 heterocycles. The van der Waals surface area contributed by atoms with Gasteiger partial charge in [0.2, 0.25) is 5.96 Å². The molecular formula is C19H27N5O2. The fourth-order valence-corrected chi connectivity index (χ4v) is 3.46. The molecule has 1 spiro atoms. The molecule has 1 saturated heterocycles. The van der Waals surface area contributed by atoms with Crippen LogP contribution in [0.4, 0.5) is 4.79 Å². The summed E-state index contributed by atoms with van der Waals surface area (Å²) in [5, 5.41) is 5.82. The summed E-state index contributed by atoms with van der Waals surface area (Å²) in [4.78, 5) is 33.0. The minimum atomic E-state index is -0.718. The first kappa shape index (κ1) is 18.2. The summed E-state index contributed by atoms with van der Waals surface area (Å²) in [6.45, 7) is 5.67. The summed E-state index contributed by atoms with van der Waals surface area (Å²) < 4.78 is 0. The third kappa shape index (κ3) is 3.52. The van der Waals surface area contributed by atoms with Crippen molar-refractivity contribution in [3.63, 3.8) is 0 Å². The van der Waals surface area contributed by atoms with Crippen LogP contribution in [-0.4, -0.2) is 60.4 Å². The summed E-state index contributed by atoms with van der Waals surface area (Å²) in [7, 11) is 3.71. The van der Waals surface area contributed by atoms with Gasteiger partial charge < -0.3 is 15.1 Å². The van der Waals surface area contributed by atoms with Crippen molar-refractivity contribution in [1.29, 1.82) is 0 Å². The first-order valence-corrected chi connectivity index (χ1v) is 8.98. The van der Waals surface area contributed by atoms with Gasteiger partial charge in [-0.3, -0.25) is 10.1 Å². The summed E-state index contributed by atoms with van der Waals surface area (Å²) in [6.07, 6.45) is 1.10. The summed E-state index contributed by atoms with van der Waals surface area (Å²) >= 11 is 0. The molecule has 0 saturated carbocycles. The second-order valence-electron chi connectivity index (χ2n) is 7.39. The minimum absolute atomic E-state index is 0.0588. The predicted octanol–water partition coefficient (Wildman–Crippen LogP) is 1.40. The Bertz CT molecular complexity index is 748. The number of benzene rings is 1. The number of hydrogen-bond acceptors (Lipinski definition) is 4. The van der Waals surface area contributed by atoms with Crippen molar-refractivity contribution in [2.75, 3.05) is 27.2 Å². The Kier molecular flexibility index (Phi) is 4.89. The Morgan fingerprint density at radius 2 is 2.00 bits per heavy atom. The van der Waals surface area contributed by atoms with Gasteiger partial charge in [-0.2, -0.15) is 0 Å². The van der Waals surface area contributed by atoms with Crippen LogP contribution in [0.2, 0.25) is 0 Å². The highest BCUT2D eigenvalue weighted by Crippen LogP contribution is 2.30. The molecule has 0 aliphatic carbocycles. The molecule has 26 heavy (non-hydrogen) atoms. The van der Waals surface area contributed by atoms with Gasteiger partial charge >= 0.3 is 6.03 Å². The second-order valence-corrected chi connectivity index (χ2v) is 7.39. The Labute approximate surface area is 154 Å². The lowest BCUT2D eigenvalue weighted by Gasteiger charge is -2.35. The van der Waals surface area contributed by atoms with E-state index in [2.05, 4.69) is 47.7 Å². The monoisotopic (exact) mass is 357 g/mol. The Morgan fingerprint density at radius 1 is 1.31 bits per heavy atom. The van der Waals surface area contributed by atoms with E-state index in [-0.39, 0.29) is 11.9 Å². The molecular weight excluding hydrogens is 330 g/mol. The lowest BCUT2D eigenvalue weighted by molar-refractivity contribution is -0.125. The van der Waals surface area contributed by atoms with Crippen LogP contribution >= 0.6 is 0 Å². The van der Waals surface area contributed by atoms with Crippen molar-refractivity contribution in [3.05, 3.63) is 34.9 Å². The van der Waals surface area contributed by atoms with E-state index in [4.69, 9.17) is 0 Å². The first-order chi connectivity index (χ1) is 12.3.